The molecule has 11 nitrogen and oxygen atoms in total. The molecule has 2 aliphatic heterocycles. The van der Waals surface area contributed by atoms with E-state index in [-0.39, 0.29) is 18.0 Å². The minimum atomic E-state index is -1.21. The van der Waals surface area contributed by atoms with Crippen molar-refractivity contribution >= 4 is 47.0 Å². The van der Waals surface area contributed by atoms with Gasteiger partial charge in [0.15, 0.2) is 0 Å². The second-order valence-corrected chi connectivity index (χ2v) is 10.3. The summed E-state index contributed by atoms with van der Waals surface area (Å²) in [5.41, 5.74) is 8.40. The maximum atomic E-state index is 13.1. The van der Waals surface area contributed by atoms with Gasteiger partial charge in [0, 0.05) is 11.4 Å². The maximum absolute atomic E-state index is 13.1. The number of para-hydroxylation sites is 1. The minimum absolute atomic E-state index is 0.0259. The highest BCUT2D eigenvalue weighted by Gasteiger charge is 2.55. The van der Waals surface area contributed by atoms with E-state index in [0.717, 1.165) is 5.56 Å². The number of nitrogens with zero attached hydrogens (tertiary/aromatic N) is 4. The number of anilines is 1. The molecular formula is C23H21N7O4S2. The monoisotopic (exact) mass is 523 g/mol. The Morgan fingerprint density at radius 1 is 1.22 bits per heavy atom. The van der Waals surface area contributed by atoms with Crippen LogP contribution >= 0.6 is 23.5 Å². The molecule has 3 heterocycles. The van der Waals surface area contributed by atoms with E-state index in [1.165, 1.54) is 28.4 Å². The number of aromatic nitrogens is 4. The van der Waals surface area contributed by atoms with Crippen LogP contribution in [0.5, 0.6) is 0 Å². The number of benzene rings is 2. The van der Waals surface area contributed by atoms with Crippen molar-refractivity contribution in [3.63, 3.8) is 0 Å². The molecular weight excluding hydrogens is 502 g/mol. The Bertz CT molecular complexity index is 1330. The number of carboxylic acids is 1. The average Bonchev–Trinajstić information content (AvgIpc) is 3.40. The molecule has 1 saturated heterocycles. The Morgan fingerprint density at radius 3 is 2.67 bits per heavy atom. The molecule has 0 spiro atoms. The first-order valence-corrected chi connectivity index (χ1v) is 12.9. The Hall–Kier alpha value is -3.84. The van der Waals surface area contributed by atoms with E-state index in [2.05, 4.69) is 25.9 Å². The number of thioether (sulfide) groups is 2. The number of carbonyl (C=O) groups is 3. The molecule has 0 aliphatic carbocycles. The number of nitrogen functional groups attached to an aromatic ring is 1. The summed E-state index contributed by atoms with van der Waals surface area (Å²) in [6, 6.07) is 15.6. The standard InChI is InChI=1S/C23H21N7O4S2/c24-15-9-5-4-8-13(15)10-16(31)25-17-20(32)30-18(22(33)34)14(11-35-21(17)30)19(12-6-2-1-3-7-12)36-23-26-28-29-27-23/h1-9,17,19,21H,10-11,24H2,(H,25,31)(H,33,34)(H,26,27,28,29)/t17?,19?,21-/m0/s1. The van der Waals surface area contributed by atoms with Crippen LogP contribution in [-0.4, -0.2) is 65.6 Å². The van der Waals surface area contributed by atoms with E-state index in [1.807, 2.05) is 30.3 Å². The van der Waals surface area contributed by atoms with Crippen molar-refractivity contribution in [2.75, 3.05) is 11.5 Å². The lowest BCUT2D eigenvalue weighted by Crippen LogP contribution is -2.70. The fourth-order valence-electron chi connectivity index (χ4n) is 4.21. The number of rotatable bonds is 8. The number of hydrogen-bond acceptors (Lipinski definition) is 9. The topological polar surface area (TPSA) is 167 Å². The lowest BCUT2D eigenvalue weighted by molar-refractivity contribution is -0.150. The van der Waals surface area contributed by atoms with Crippen molar-refractivity contribution in [1.29, 1.82) is 0 Å². The minimum Gasteiger partial charge on any atom is -0.477 e. The van der Waals surface area contributed by atoms with Gasteiger partial charge in [0.25, 0.3) is 5.91 Å². The van der Waals surface area contributed by atoms with Crippen molar-refractivity contribution < 1.29 is 19.5 Å². The average molecular weight is 524 g/mol. The smallest absolute Gasteiger partial charge is 0.352 e. The van der Waals surface area contributed by atoms with Crippen LogP contribution in [0.2, 0.25) is 0 Å². The van der Waals surface area contributed by atoms with Crippen LogP contribution < -0.4 is 11.1 Å². The number of amides is 2. The normalized spacial score (nSPS) is 19.9. The maximum Gasteiger partial charge on any atom is 0.352 e. The number of carboxylic acid groups (broad SMARTS) is 1. The van der Waals surface area contributed by atoms with Gasteiger partial charge in [-0.05, 0) is 28.0 Å². The highest BCUT2D eigenvalue weighted by molar-refractivity contribution is 8.01. The van der Waals surface area contributed by atoms with E-state index < -0.39 is 28.5 Å². The molecule has 5 N–H and O–H groups in total. The van der Waals surface area contributed by atoms with E-state index >= 15 is 0 Å². The molecule has 2 amide bonds. The Kier molecular flexibility index (Phi) is 6.65. The summed E-state index contributed by atoms with van der Waals surface area (Å²) < 4.78 is 0. The van der Waals surface area contributed by atoms with Crippen LogP contribution in [-0.2, 0) is 20.8 Å². The van der Waals surface area contributed by atoms with Gasteiger partial charge < -0.3 is 16.2 Å². The van der Waals surface area contributed by atoms with Gasteiger partial charge >= 0.3 is 5.97 Å². The Balaban J connectivity index is 1.40. The summed E-state index contributed by atoms with van der Waals surface area (Å²) >= 11 is 2.66. The summed E-state index contributed by atoms with van der Waals surface area (Å²) in [5, 5.41) is 26.3. The number of fused-ring (bicyclic) bond motifs is 1. The molecule has 3 atom stereocenters. The van der Waals surface area contributed by atoms with Crippen molar-refractivity contribution in [1.82, 2.24) is 30.8 Å². The summed E-state index contributed by atoms with van der Waals surface area (Å²) in [6.07, 6.45) is 0.0259. The molecule has 1 aromatic heterocycles. The van der Waals surface area contributed by atoms with Crippen LogP contribution in [0.15, 0.2) is 71.0 Å². The third-order valence-electron chi connectivity index (χ3n) is 5.89. The van der Waals surface area contributed by atoms with Crippen molar-refractivity contribution in [2.24, 2.45) is 0 Å². The Morgan fingerprint density at radius 2 is 1.97 bits per heavy atom. The zero-order valence-electron chi connectivity index (χ0n) is 18.7. The van der Waals surface area contributed by atoms with Crippen molar-refractivity contribution in [3.8, 4) is 0 Å². The first-order valence-electron chi connectivity index (χ1n) is 10.9. The Labute approximate surface area is 213 Å². The summed E-state index contributed by atoms with van der Waals surface area (Å²) in [4.78, 5) is 39.4. The number of tetrazole rings is 1. The molecule has 2 aromatic carbocycles. The van der Waals surface area contributed by atoms with Crippen LogP contribution in [0, 0.1) is 0 Å². The fourth-order valence-corrected chi connectivity index (χ4v) is 6.73. The number of H-pyrrole nitrogens is 1. The molecule has 184 valence electrons. The van der Waals surface area contributed by atoms with Crippen LogP contribution in [0.1, 0.15) is 16.4 Å². The second kappa shape index (κ2) is 10.0. The van der Waals surface area contributed by atoms with Gasteiger partial charge in [-0.3, -0.25) is 14.5 Å². The number of aromatic amines is 1. The van der Waals surface area contributed by atoms with Gasteiger partial charge in [-0.15, -0.1) is 22.0 Å². The zero-order chi connectivity index (χ0) is 25.2. The molecule has 13 heteroatoms. The molecule has 0 bridgehead atoms. The van der Waals surface area contributed by atoms with Gasteiger partial charge in [-0.25, -0.2) is 4.79 Å². The number of nitrogens with one attached hydrogen (secondary N) is 2. The molecule has 5 rings (SSSR count). The number of β-lactam (4-membered cyclic amide) rings is 1. The van der Waals surface area contributed by atoms with Gasteiger partial charge in [-0.1, -0.05) is 60.3 Å². The highest BCUT2D eigenvalue weighted by atomic mass is 32.2. The lowest BCUT2D eigenvalue weighted by atomic mass is 9.98. The fraction of sp³-hybridized carbons (Fsp3) is 0.217. The molecule has 36 heavy (non-hydrogen) atoms. The number of carbonyl (C=O) groups excluding carboxylic acids is 2. The van der Waals surface area contributed by atoms with E-state index in [9.17, 15) is 19.5 Å². The third kappa shape index (κ3) is 4.54. The first kappa shape index (κ1) is 23.9. The quantitative estimate of drug-likeness (QED) is 0.193. The number of hydrogen-bond donors (Lipinski definition) is 4. The van der Waals surface area contributed by atoms with E-state index in [0.29, 0.717) is 27.7 Å². The summed E-state index contributed by atoms with van der Waals surface area (Å²) in [7, 11) is 0. The predicted octanol–water partition coefficient (Wildman–Crippen LogP) is 1.60. The van der Waals surface area contributed by atoms with Gasteiger partial charge in [0.2, 0.25) is 11.1 Å². The molecule has 2 unspecified atom stereocenters. The zero-order valence-corrected chi connectivity index (χ0v) is 20.3. The van der Waals surface area contributed by atoms with Gasteiger partial charge in [0.1, 0.15) is 17.1 Å². The van der Waals surface area contributed by atoms with Crippen LogP contribution in [0.4, 0.5) is 5.69 Å². The molecule has 0 radical (unpaired) electrons. The van der Waals surface area contributed by atoms with E-state index in [1.54, 1.807) is 24.3 Å². The van der Waals surface area contributed by atoms with Gasteiger partial charge in [-0.2, -0.15) is 5.21 Å². The van der Waals surface area contributed by atoms with Crippen molar-refractivity contribution in [3.05, 3.63) is 77.0 Å². The predicted molar refractivity (Wildman–Crippen MR) is 133 cm³/mol. The molecule has 1 fully saturated rings. The second-order valence-electron chi connectivity index (χ2n) is 8.11. The van der Waals surface area contributed by atoms with Crippen LogP contribution in [0.25, 0.3) is 0 Å². The first-order chi connectivity index (χ1) is 17.4. The SMILES string of the molecule is Nc1ccccc1CC(=O)NC1C(=O)N2C(C(=O)O)=C(C(Sc3nn[nH]n3)c3ccccc3)CS[C@@H]12. The van der Waals surface area contributed by atoms with Crippen LogP contribution in [0.3, 0.4) is 0 Å². The molecule has 2 aliphatic rings. The van der Waals surface area contributed by atoms with Gasteiger partial charge in [0.05, 0.1) is 11.7 Å². The van der Waals surface area contributed by atoms with Crippen molar-refractivity contribution in [2.45, 2.75) is 28.2 Å². The third-order valence-corrected chi connectivity index (χ3v) is 8.37. The summed E-state index contributed by atoms with van der Waals surface area (Å²) in [5.74, 6) is -1.68. The van der Waals surface area contributed by atoms with E-state index in [4.69, 9.17) is 5.73 Å². The molecule has 3 aromatic rings. The number of nitrogens with two attached hydrogens (primary N) is 1. The largest absolute Gasteiger partial charge is 0.477 e. The summed E-state index contributed by atoms with van der Waals surface area (Å²) in [6.45, 7) is 0. The lowest BCUT2D eigenvalue weighted by Gasteiger charge is -2.50. The number of aliphatic carboxylic acids is 1. The molecule has 0 saturated carbocycles. The highest BCUT2D eigenvalue weighted by Crippen LogP contribution is 2.48.